The molecule has 0 saturated heterocycles. The molecule has 0 unspecified atom stereocenters. The second-order valence-corrected chi connectivity index (χ2v) is 3.49. The number of primary amides is 1. The maximum atomic E-state index is 10.6. The van der Waals surface area contributed by atoms with Crippen molar-refractivity contribution in [2.45, 2.75) is 13.5 Å². The molecule has 94 valence electrons. The number of carbonyl (C=O) groups is 1. The third kappa shape index (κ3) is 4.32. The van der Waals surface area contributed by atoms with Crippen LogP contribution in [-0.2, 0) is 11.3 Å². The summed E-state index contributed by atoms with van der Waals surface area (Å²) in [4.78, 5) is 10.6. The summed E-state index contributed by atoms with van der Waals surface area (Å²) in [5.74, 6) is 1.03. The van der Waals surface area contributed by atoms with Crippen LogP contribution >= 0.6 is 0 Å². The van der Waals surface area contributed by atoms with Gasteiger partial charge in [-0.15, -0.1) is 0 Å². The Kier molecular flexibility index (Phi) is 5.29. The Morgan fingerprint density at radius 3 is 2.76 bits per heavy atom. The lowest BCUT2D eigenvalue weighted by molar-refractivity contribution is -0.117. The van der Waals surface area contributed by atoms with Crippen LogP contribution in [0.25, 0.3) is 0 Å². The average Bonchev–Trinajstić information content (AvgIpc) is 2.29. The van der Waals surface area contributed by atoms with Gasteiger partial charge in [-0.25, -0.2) is 0 Å². The van der Waals surface area contributed by atoms with Gasteiger partial charge in [-0.2, -0.15) is 0 Å². The Morgan fingerprint density at radius 2 is 2.18 bits per heavy atom. The molecule has 0 saturated carbocycles. The zero-order valence-corrected chi connectivity index (χ0v) is 10.2. The molecule has 1 amide bonds. The number of nitrogens with one attached hydrogen (secondary N) is 1. The van der Waals surface area contributed by atoms with Gasteiger partial charge in [0.05, 0.1) is 20.3 Å². The Morgan fingerprint density at radius 1 is 1.41 bits per heavy atom. The minimum atomic E-state index is -0.372. The van der Waals surface area contributed by atoms with Crippen molar-refractivity contribution in [2.75, 3.05) is 20.3 Å². The second kappa shape index (κ2) is 6.75. The van der Waals surface area contributed by atoms with Crippen molar-refractivity contribution in [2.24, 2.45) is 5.73 Å². The van der Waals surface area contributed by atoms with E-state index in [2.05, 4.69) is 5.32 Å². The molecule has 1 aromatic carbocycles. The van der Waals surface area contributed by atoms with Gasteiger partial charge in [0, 0.05) is 6.54 Å². The lowest BCUT2D eigenvalue weighted by Gasteiger charge is -2.11. The van der Waals surface area contributed by atoms with Crippen LogP contribution in [0.5, 0.6) is 11.5 Å². The predicted molar refractivity (Wildman–Crippen MR) is 65.1 cm³/mol. The molecule has 0 bridgehead atoms. The first-order valence-corrected chi connectivity index (χ1v) is 5.46. The van der Waals surface area contributed by atoms with E-state index in [4.69, 9.17) is 15.2 Å². The highest BCUT2D eigenvalue weighted by molar-refractivity contribution is 5.75. The molecule has 0 fully saturated rings. The third-order valence-electron chi connectivity index (χ3n) is 2.16. The molecule has 0 aliphatic rings. The summed E-state index contributed by atoms with van der Waals surface area (Å²) in [6, 6.07) is 5.64. The number of hydrogen-bond acceptors (Lipinski definition) is 4. The fraction of sp³-hybridized carbons (Fsp3) is 0.417. The summed E-state index contributed by atoms with van der Waals surface area (Å²) in [6.07, 6.45) is 0. The first-order valence-electron chi connectivity index (χ1n) is 5.46. The van der Waals surface area contributed by atoms with E-state index in [1.54, 1.807) is 7.11 Å². The van der Waals surface area contributed by atoms with E-state index in [1.807, 2.05) is 25.1 Å². The maximum Gasteiger partial charge on any atom is 0.231 e. The number of nitrogens with two attached hydrogens (primary N) is 1. The fourth-order valence-electron chi connectivity index (χ4n) is 1.43. The SMILES string of the molecule is CCOc1cc(CNCC(N)=O)ccc1OC. The molecule has 1 aromatic rings. The Labute approximate surface area is 101 Å². The molecule has 0 heterocycles. The van der Waals surface area contributed by atoms with Crippen LogP contribution in [0.15, 0.2) is 18.2 Å². The number of methoxy groups -OCH3 is 1. The molecule has 0 aliphatic carbocycles. The van der Waals surface area contributed by atoms with Crippen molar-refractivity contribution in [1.82, 2.24) is 5.32 Å². The summed E-state index contributed by atoms with van der Waals surface area (Å²) in [5, 5.41) is 2.94. The van der Waals surface area contributed by atoms with Gasteiger partial charge in [0.2, 0.25) is 5.91 Å². The van der Waals surface area contributed by atoms with Gasteiger partial charge >= 0.3 is 0 Å². The second-order valence-electron chi connectivity index (χ2n) is 3.49. The standard InChI is InChI=1S/C12H18N2O3/c1-3-17-11-6-9(4-5-10(11)16-2)7-14-8-12(13)15/h4-6,14H,3,7-8H2,1-2H3,(H2,13,15). The van der Waals surface area contributed by atoms with Gasteiger partial charge in [-0.05, 0) is 24.6 Å². The zero-order chi connectivity index (χ0) is 12.7. The average molecular weight is 238 g/mol. The molecule has 5 nitrogen and oxygen atoms in total. The van der Waals surface area contributed by atoms with Crippen molar-refractivity contribution in [3.8, 4) is 11.5 Å². The molecule has 5 heteroatoms. The Hall–Kier alpha value is -1.75. The molecular formula is C12H18N2O3. The highest BCUT2D eigenvalue weighted by atomic mass is 16.5. The third-order valence-corrected chi connectivity index (χ3v) is 2.16. The van der Waals surface area contributed by atoms with Crippen LogP contribution in [-0.4, -0.2) is 26.2 Å². The summed E-state index contributed by atoms with van der Waals surface area (Å²) < 4.78 is 10.6. The molecular weight excluding hydrogens is 220 g/mol. The molecule has 3 N–H and O–H groups in total. The minimum absolute atomic E-state index is 0.163. The molecule has 0 spiro atoms. The topological polar surface area (TPSA) is 73.6 Å². The quantitative estimate of drug-likeness (QED) is 0.732. The van der Waals surface area contributed by atoms with E-state index >= 15 is 0 Å². The van der Waals surface area contributed by atoms with Crippen LogP contribution in [0, 0.1) is 0 Å². The van der Waals surface area contributed by atoms with Crippen LogP contribution in [0.3, 0.4) is 0 Å². The minimum Gasteiger partial charge on any atom is -0.493 e. The van der Waals surface area contributed by atoms with Gasteiger partial charge < -0.3 is 20.5 Å². The molecule has 1 rings (SSSR count). The molecule has 17 heavy (non-hydrogen) atoms. The number of rotatable bonds is 7. The van der Waals surface area contributed by atoms with E-state index in [1.165, 1.54) is 0 Å². The monoisotopic (exact) mass is 238 g/mol. The number of hydrogen-bond donors (Lipinski definition) is 2. The molecule has 0 atom stereocenters. The highest BCUT2D eigenvalue weighted by Crippen LogP contribution is 2.27. The van der Waals surface area contributed by atoms with E-state index in [0.29, 0.717) is 24.7 Å². The van der Waals surface area contributed by atoms with Crippen molar-refractivity contribution >= 4 is 5.91 Å². The Balaban J connectivity index is 2.67. The molecule has 0 radical (unpaired) electrons. The molecule has 0 aromatic heterocycles. The first-order chi connectivity index (χ1) is 8.17. The van der Waals surface area contributed by atoms with Crippen LogP contribution in [0.2, 0.25) is 0 Å². The summed E-state index contributed by atoms with van der Waals surface area (Å²) in [7, 11) is 1.60. The molecule has 0 aliphatic heterocycles. The predicted octanol–water partition coefficient (Wildman–Crippen LogP) is 0.669. The number of amides is 1. The van der Waals surface area contributed by atoms with Crippen molar-refractivity contribution in [3.63, 3.8) is 0 Å². The summed E-state index contributed by atoms with van der Waals surface area (Å²) >= 11 is 0. The summed E-state index contributed by atoms with van der Waals surface area (Å²) in [5.41, 5.74) is 6.04. The van der Waals surface area contributed by atoms with E-state index < -0.39 is 0 Å². The van der Waals surface area contributed by atoms with Gasteiger partial charge in [-0.1, -0.05) is 6.07 Å². The smallest absolute Gasteiger partial charge is 0.231 e. The largest absolute Gasteiger partial charge is 0.493 e. The van der Waals surface area contributed by atoms with Gasteiger partial charge in [0.1, 0.15) is 0 Å². The van der Waals surface area contributed by atoms with Crippen LogP contribution in [0.4, 0.5) is 0 Å². The van der Waals surface area contributed by atoms with Gasteiger partial charge in [0.25, 0.3) is 0 Å². The lowest BCUT2D eigenvalue weighted by atomic mass is 10.2. The number of benzene rings is 1. The number of carbonyl (C=O) groups excluding carboxylic acids is 1. The van der Waals surface area contributed by atoms with Crippen molar-refractivity contribution in [1.29, 1.82) is 0 Å². The van der Waals surface area contributed by atoms with Crippen LogP contribution in [0.1, 0.15) is 12.5 Å². The van der Waals surface area contributed by atoms with Gasteiger partial charge in [0.15, 0.2) is 11.5 Å². The maximum absolute atomic E-state index is 10.6. The zero-order valence-electron chi connectivity index (χ0n) is 10.2. The normalized spacial score (nSPS) is 10.0. The van der Waals surface area contributed by atoms with Crippen molar-refractivity contribution < 1.29 is 14.3 Å². The lowest BCUT2D eigenvalue weighted by Crippen LogP contribution is -2.28. The van der Waals surface area contributed by atoms with E-state index in [9.17, 15) is 4.79 Å². The first kappa shape index (κ1) is 13.3. The Bertz CT molecular complexity index is 380. The fourth-order valence-corrected chi connectivity index (χ4v) is 1.43. The highest BCUT2D eigenvalue weighted by Gasteiger charge is 2.05. The van der Waals surface area contributed by atoms with E-state index in [0.717, 1.165) is 5.56 Å². The van der Waals surface area contributed by atoms with Crippen LogP contribution < -0.4 is 20.5 Å². The van der Waals surface area contributed by atoms with E-state index in [-0.39, 0.29) is 12.5 Å². The number of ether oxygens (including phenoxy) is 2. The summed E-state index contributed by atoms with van der Waals surface area (Å²) in [6.45, 7) is 3.22. The van der Waals surface area contributed by atoms with Crippen molar-refractivity contribution in [3.05, 3.63) is 23.8 Å². The van der Waals surface area contributed by atoms with Gasteiger partial charge in [-0.3, -0.25) is 4.79 Å².